The number of hydrogen-bond acceptors (Lipinski definition) is 2. The third-order valence-corrected chi connectivity index (χ3v) is 3.39. The molecule has 0 atom stereocenters. The van der Waals surface area contributed by atoms with Crippen molar-refractivity contribution < 1.29 is 0 Å². The lowest BCUT2D eigenvalue weighted by molar-refractivity contribution is 0.720. The Morgan fingerprint density at radius 1 is 1.11 bits per heavy atom. The molecule has 3 nitrogen and oxygen atoms in total. The molecule has 0 spiro atoms. The van der Waals surface area contributed by atoms with E-state index in [2.05, 4.69) is 64.3 Å². The van der Waals surface area contributed by atoms with E-state index in [9.17, 15) is 0 Å². The number of aryl methyl sites for hydroxylation is 1. The number of benzene rings is 2. The van der Waals surface area contributed by atoms with E-state index in [-0.39, 0.29) is 0 Å². The van der Waals surface area contributed by atoms with E-state index in [1.54, 1.807) is 0 Å². The molecule has 0 amide bonds. The lowest BCUT2D eigenvalue weighted by Gasteiger charge is -2.10. The molecule has 0 bridgehead atoms. The molecule has 3 heteroatoms. The summed E-state index contributed by atoms with van der Waals surface area (Å²) in [4.78, 5) is 4.19. The van der Waals surface area contributed by atoms with E-state index in [1.165, 1.54) is 22.2 Å². The van der Waals surface area contributed by atoms with Gasteiger partial charge in [0.15, 0.2) is 0 Å². The molecule has 0 unspecified atom stereocenters. The van der Waals surface area contributed by atoms with Gasteiger partial charge >= 0.3 is 0 Å². The maximum atomic E-state index is 4.19. The second kappa shape index (κ2) is 5.14. The highest BCUT2D eigenvalue weighted by Gasteiger charge is 2.02. The summed E-state index contributed by atoms with van der Waals surface area (Å²) in [7, 11) is 0. The average molecular weight is 251 g/mol. The van der Waals surface area contributed by atoms with Crippen molar-refractivity contribution in [2.45, 2.75) is 20.0 Å². The van der Waals surface area contributed by atoms with Gasteiger partial charge in [-0.1, -0.05) is 36.4 Å². The fourth-order valence-electron chi connectivity index (χ4n) is 2.35. The first-order valence-corrected chi connectivity index (χ1v) is 6.59. The molecule has 0 aliphatic heterocycles. The third kappa shape index (κ3) is 2.32. The SMILES string of the molecule is CCn1cncc1CNc1cccc2ccccc12. The maximum absolute atomic E-state index is 4.19. The van der Waals surface area contributed by atoms with Gasteiger partial charge in [0.05, 0.1) is 18.6 Å². The minimum absolute atomic E-state index is 0.793. The van der Waals surface area contributed by atoms with E-state index in [0.717, 1.165) is 13.1 Å². The van der Waals surface area contributed by atoms with Crippen LogP contribution >= 0.6 is 0 Å². The third-order valence-electron chi connectivity index (χ3n) is 3.39. The van der Waals surface area contributed by atoms with Crippen molar-refractivity contribution in [2.75, 3.05) is 5.32 Å². The van der Waals surface area contributed by atoms with Gasteiger partial charge in [-0.15, -0.1) is 0 Å². The van der Waals surface area contributed by atoms with Crippen molar-refractivity contribution in [3.05, 3.63) is 60.7 Å². The average Bonchev–Trinajstić information content (AvgIpc) is 2.92. The number of nitrogens with zero attached hydrogens (tertiary/aromatic N) is 2. The van der Waals surface area contributed by atoms with Crippen molar-refractivity contribution in [1.29, 1.82) is 0 Å². The number of anilines is 1. The number of fused-ring (bicyclic) bond motifs is 1. The molecule has 0 fully saturated rings. The van der Waals surface area contributed by atoms with Crippen molar-refractivity contribution in [3.8, 4) is 0 Å². The molecule has 3 rings (SSSR count). The van der Waals surface area contributed by atoms with Crippen LogP contribution in [0.4, 0.5) is 5.69 Å². The number of nitrogens with one attached hydrogen (secondary N) is 1. The van der Waals surface area contributed by atoms with Crippen LogP contribution in [0.3, 0.4) is 0 Å². The van der Waals surface area contributed by atoms with Crippen LogP contribution in [0, 0.1) is 0 Å². The van der Waals surface area contributed by atoms with Crippen LogP contribution in [-0.4, -0.2) is 9.55 Å². The first-order chi connectivity index (χ1) is 9.38. The second-order valence-corrected chi connectivity index (χ2v) is 4.55. The van der Waals surface area contributed by atoms with Crippen LogP contribution in [-0.2, 0) is 13.1 Å². The van der Waals surface area contributed by atoms with E-state index in [4.69, 9.17) is 0 Å². The molecule has 0 radical (unpaired) electrons. The fraction of sp³-hybridized carbons (Fsp3) is 0.188. The monoisotopic (exact) mass is 251 g/mol. The zero-order valence-corrected chi connectivity index (χ0v) is 11.0. The summed E-state index contributed by atoms with van der Waals surface area (Å²) in [5.74, 6) is 0. The van der Waals surface area contributed by atoms with E-state index in [0.29, 0.717) is 0 Å². The summed E-state index contributed by atoms with van der Waals surface area (Å²) in [5, 5.41) is 6.02. The van der Waals surface area contributed by atoms with Gasteiger partial charge in [-0.3, -0.25) is 0 Å². The summed E-state index contributed by atoms with van der Waals surface area (Å²) in [6.45, 7) is 3.87. The smallest absolute Gasteiger partial charge is 0.0948 e. The highest BCUT2D eigenvalue weighted by molar-refractivity contribution is 5.93. The first-order valence-electron chi connectivity index (χ1n) is 6.59. The Hall–Kier alpha value is -2.29. The second-order valence-electron chi connectivity index (χ2n) is 4.55. The van der Waals surface area contributed by atoms with Crippen LogP contribution in [0.2, 0.25) is 0 Å². The van der Waals surface area contributed by atoms with Crippen molar-refractivity contribution in [1.82, 2.24) is 9.55 Å². The van der Waals surface area contributed by atoms with Gasteiger partial charge < -0.3 is 9.88 Å². The highest BCUT2D eigenvalue weighted by atomic mass is 15.1. The standard InChI is InChI=1S/C16H17N3/c1-2-19-12-17-10-14(19)11-18-16-9-5-7-13-6-3-4-8-15(13)16/h3-10,12,18H,2,11H2,1H3. The molecule has 1 heterocycles. The van der Waals surface area contributed by atoms with Crippen LogP contribution in [0.5, 0.6) is 0 Å². The molecule has 0 aliphatic carbocycles. The van der Waals surface area contributed by atoms with E-state index >= 15 is 0 Å². The Labute approximate surface area is 112 Å². The van der Waals surface area contributed by atoms with Gasteiger partial charge in [-0.2, -0.15) is 0 Å². The Balaban J connectivity index is 1.86. The van der Waals surface area contributed by atoms with Gasteiger partial charge in [0.1, 0.15) is 0 Å². The molecule has 0 saturated heterocycles. The van der Waals surface area contributed by atoms with Gasteiger partial charge in [-0.25, -0.2) is 4.98 Å². The number of rotatable bonds is 4. The Morgan fingerprint density at radius 3 is 2.84 bits per heavy atom. The molecule has 19 heavy (non-hydrogen) atoms. The molecule has 1 N–H and O–H groups in total. The summed E-state index contributed by atoms with van der Waals surface area (Å²) in [6, 6.07) is 14.8. The van der Waals surface area contributed by atoms with Crippen molar-refractivity contribution >= 4 is 16.5 Å². The van der Waals surface area contributed by atoms with Gasteiger partial charge in [0.25, 0.3) is 0 Å². The molecule has 96 valence electrons. The van der Waals surface area contributed by atoms with E-state index < -0.39 is 0 Å². The Bertz CT molecular complexity index is 680. The van der Waals surface area contributed by atoms with Gasteiger partial charge in [0.2, 0.25) is 0 Å². The predicted octanol–water partition coefficient (Wildman–Crippen LogP) is 3.67. The zero-order valence-electron chi connectivity index (χ0n) is 11.0. The zero-order chi connectivity index (χ0) is 13.1. The molecule has 3 aromatic rings. The lowest BCUT2D eigenvalue weighted by Crippen LogP contribution is -2.06. The highest BCUT2D eigenvalue weighted by Crippen LogP contribution is 2.23. The maximum Gasteiger partial charge on any atom is 0.0948 e. The quantitative estimate of drug-likeness (QED) is 0.766. The summed E-state index contributed by atoms with van der Waals surface area (Å²) >= 11 is 0. The molecule has 0 saturated carbocycles. The fourth-order valence-corrected chi connectivity index (χ4v) is 2.35. The van der Waals surface area contributed by atoms with Gasteiger partial charge in [0, 0.05) is 23.8 Å². The Morgan fingerprint density at radius 2 is 1.95 bits per heavy atom. The molecule has 1 aromatic heterocycles. The van der Waals surface area contributed by atoms with Crippen LogP contribution in [0.25, 0.3) is 10.8 Å². The van der Waals surface area contributed by atoms with Crippen LogP contribution in [0.1, 0.15) is 12.6 Å². The predicted molar refractivity (Wildman–Crippen MR) is 79.2 cm³/mol. The minimum atomic E-state index is 0.793. The molecular formula is C16H17N3. The molecule has 0 aliphatic rings. The van der Waals surface area contributed by atoms with Crippen molar-refractivity contribution in [3.63, 3.8) is 0 Å². The normalized spacial score (nSPS) is 10.8. The summed E-state index contributed by atoms with van der Waals surface area (Å²) < 4.78 is 2.15. The van der Waals surface area contributed by atoms with Crippen LogP contribution in [0.15, 0.2) is 55.0 Å². The summed E-state index contributed by atoms with van der Waals surface area (Å²) in [6.07, 6.45) is 3.79. The molecule has 2 aromatic carbocycles. The van der Waals surface area contributed by atoms with Crippen LogP contribution < -0.4 is 5.32 Å². The topological polar surface area (TPSA) is 29.9 Å². The minimum Gasteiger partial charge on any atom is -0.379 e. The number of imidazole rings is 1. The number of aromatic nitrogens is 2. The largest absolute Gasteiger partial charge is 0.379 e. The Kier molecular flexibility index (Phi) is 3.19. The molecular weight excluding hydrogens is 234 g/mol. The van der Waals surface area contributed by atoms with E-state index in [1.807, 2.05) is 12.5 Å². The van der Waals surface area contributed by atoms with Crippen molar-refractivity contribution in [2.24, 2.45) is 0 Å². The summed E-state index contributed by atoms with van der Waals surface area (Å²) in [5.41, 5.74) is 2.37. The first kappa shape index (κ1) is 11.8. The van der Waals surface area contributed by atoms with Gasteiger partial charge in [-0.05, 0) is 18.4 Å². The number of hydrogen-bond donors (Lipinski definition) is 1. The lowest BCUT2D eigenvalue weighted by atomic mass is 10.1.